The van der Waals surface area contributed by atoms with Crippen LogP contribution >= 0.6 is 23.4 Å². The van der Waals surface area contributed by atoms with Gasteiger partial charge in [-0.25, -0.2) is 4.39 Å². The van der Waals surface area contributed by atoms with Gasteiger partial charge in [-0.05, 0) is 30.7 Å². The highest BCUT2D eigenvalue weighted by Gasteiger charge is 2.25. The molecule has 0 aromatic heterocycles. The Balaban J connectivity index is 1.65. The van der Waals surface area contributed by atoms with E-state index in [1.54, 1.807) is 16.7 Å². The maximum Gasteiger partial charge on any atom is 0.310 e. The highest BCUT2D eigenvalue weighted by atomic mass is 35.5. The van der Waals surface area contributed by atoms with Crippen molar-refractivity contribution in [1.29, 1.82) is 0 Å². The minimum absolute atomic E-state index is 0.0713. The number of nitrogens with zero attached hydrogens (tertiary/aromatic N) is 1. The van der Waals surface area contributed by atoms with E-state index in [1.165, 1.54) is 18.2 Å². The van der Waals surface area contributed by atoms with E-state index < -0.39 is 18.4 Å². The lowest BCUT2D eigenvalue weighted by Crippen LogP contribution is -2.36. The van der Waals surface area contributed by atoms with Gasteiger partial charge in [0.2, 0.25) is 0 Å². The highest BCUT2D eigenvalue weighted by Crippen LogP contribution is 2.37. The molecule has 0 saturated carbocycles. The zero-order valence-electron chi connectivity index (χ0n) is 14.8. The number of anilines is 1. The van der Waals surface area contributed by atoms with Crippen LogP contribution in [-0.2, 0) is 20.7 Å². The summed E-state index contributed by atoms with van der Waals surface area (Å²) < 4.78 is 18.9. The van der Waals surface area contributed by atoms with Gasteiger partial charge in [-0.15, -0.1) is 11.8 Å². The van der Waals surface area contributed by atoms with Gasteiger partial charge in [-0.1, -0.05) is 36.7 Å². The van der Waals surface area contributed by atoms with Gasteiger partial charge in [0.25, 0.3) is 5.91 Å². The molecule has 27 heavy (non-hydrogen) atoms. The number of halogens is 2. The average molecular weight is 408 g/mol. The van der Waals surface area contributed by atoms with Crippen LogP contribution in [0.2, 0.25) is 5.02 Å². The van der Waals surface area contributed by atoms with Crippen molar-refractivity contribution in [1.82, 2.24) is 0 Å². The van der Waals surface area contributed by atoms with E-state index >= 15 is 0 Å². The summed E-state index contributed by atoms with van der Waals surface area (Å²) in [6, 6.07) is 11.9. The molecule has 2 aromatic rings. The van der Waals surface area contributed by atoms with Crippen molar-refractivity contribution in [2.24, 2.45) is 0 Å². The third kappa shape index (κ3) is 4.82. The Kier molecular flexibility index (Phi) is 6.39. The van der Waals surface area contributed by atoms with Crippen molar-refractivity contribution in [3.8, 4) is 0 Å². The van der Waals surface area contributed by atoms with Crippen LogP contribution in [0.15, 0.2) is 47.4 Å². The third-order valence-corrected chi connectivity index (χ3v) is 5.88. The lowest BCUT2D eigenvalue weighted by Gasteiger charge is -2.22. The number of hydrogen-bond acceptors (Lipinski definition) is 4. The fourth-order valence-corrected chi connectivity index (χ4v) is 4.21. The summed E-state index contributed by atoms with van der Waals surface area (Å²) in [4.78, 5) is 27.4. The van der Waals surface area contributed by atoms with Crippen LogP contribution in [0.25, 0.3) is 0 Å². The molecule has 0 saturated heterocycles. The molecule has 1 aliphatic rings. The van der Waals surface area contributed by atoms with E-state index in [0.29, 0.717) is 11.8 Å². The van der Waals surface area contributed by atoms with Crippen LogP contribution < -0.4 is 4.90 Å². The first-order valence-electron chi connectivity index (χ1n) is 8.60. The summed E-state index contributed by atoms with van der Waals surface area (Å²) in [6.45, 7) is 2.28. The van der Waals surface area contributed by atoms with E-state index in [4.69, 9.17) is 16.3 Å². The van der Waals surface area contributed by atoms with Crippen molar-refractivity contribution in [2.75, 3.05) is 18.1 Å². The van der Waals surface area contributed by atoms with E-state index in [1.807, 2.05) is 24.3 Å². The summed E-state index contributed by atoms with van der Waals surface area (Å²) in [5, 5.41) is 0.542. The quantitative estimate of drug-likeness (QED) is 0.701. The number of rotatable bonds is 4. The van der Waals surface area contributed by atoms with Crippen LogP contribution in [0.1, 0.15) is 18.9 Å². The predicted molar refractivity (Wildman–Crippen MR) is 105 cm³/mol. The molecule has 1 aliphatic heterocycles. The molecule has 0 radical (unpaired) electrons. The summed E-state index contributed by atoms with van der Waals surface area (Å²) in [6.07, 6.45) is 0.520. The van der Waals surface area contributed by atoms with E-state index in [0.717, 1.165) is 17.0 Å². The Morgan fingerprint density at radius 2 is 2.04 bits per heavy atom. The van der Waals surface area contributed by atoms with E-state index in [9.17, 15) is 14.0 Å². The molecule has 7 heteroatoms. The van der Waals surface area contributed by atoms with Gasteiger partial charge in [0.1, 0.15) is 5.82 Å². The van der Waals surface area contributed by atoms with E-state index in [2.05, 4.69) is 6.92 Å². The molecule has 0 bridgehead atoms. The molecule has 4 nitrogen and oxygen atoms in total. The van der Waals surface area contributed by atoms with Crippen LogP contribution in [-0.4, -0.2) is 30.3 Å². The van der Waals surface area contributed by atoms with Crippen molar-refractivity contribution in [2.45, 2.75) is 29.9 Å². The summed E-state index contributed by atoms with van der Waals surface area (Å²) >= 11 is 7.65. The normalized spacial score (nSPS) is 16.4. The minimum Gasteiger partial charge on any atom is -0.455 e. The number of carbonyl (C=O) groups is 2. The lowest BCUT2D eigenvalue weighted by molar-refractivity contribution is -0.147. The number of esters is 1. The van der Waals surface area contributed by atoms with Gasteiger partial charge in [-0.3, -0.25) is 9.59 Å². The largest absolute Gasteiger partial charge is 0.455 e. The topological polar surface area (TPSA) is 46.6 Å². The molecule has 1 heterocycles. The molecule has 3 rings (SSSR count). The van der Waals surface area contributed by atoms with Crippen molar-refractivity contribution < 1.29 is 18.7 Å². The Labute approximate surface area is 166 Å². The fourth-order valence-electron chi connectivity index (χ4n) is 2.86. The van der Waals surface area contributed by atoms with Crippen molar-refractivity contribution in [3.05, 3.63) is 58.9 Å². The maximum atomic E-state index is 13.8. The third-order valence-electron chi connectivity index (χ3n) is 4.28. The maximum absolute atomic E-state index is 13.8. The number of hydrogen-bond donors (Lipinski definition) is 0. The lowest BCUT2D eigenvalue weighted by atomic mass is 10.1. The average Bonchev–Trinajstić information content (AvgIpc) is 2.81. The number of ether oxygens (including phenoxy) is 1. The predicted octanol–water partition coefficient (Wildman–Crippen LogP) is 4.48. The second kappa shape index (κ2) is 8.76. The fraction of sp³-hybridized carbons (Fsp3) is 0.300. The van der Waals surface area contributed by atoms with Gasteiger partial charge in [0, 0.05) is 27.3 Å². The number of amides is 1. The van der Waals surface area contributed by atoms with Gasteiger partial charge < -0.3 is 9.64 Å². The van der Waals surface area contributed by atoms with E-state index in [-0.39, 0.29) is 22.9 Å². The molecule has 2 aromatic carbocycles. The number of thioether (sulfide) groups is 1. The monoisotopic (exact) mass is 407 g/mol. The molecular weight excluding hydrogens is 389 g/mol. The van der Waals surface area contributed by atoms with Gasteiger partial charge in [0.15, 0.2) is 6.61 Å². The molecule has 0 N–H and O–H groups in total. The van der Waals surface area contributed by atoms with Crippen LogP contribution in [0.5, 0.6) is 0 Å². The van der Waals surface area contributed by atoms with Crippen LogP contribution in [0.3, 0.4) is 0 Å². The standard InChI is InChI=1S/C20H19ClFNO3S/c1-13-9-10-23(17-7-2-3-8-18(17)27-13)19(24)12-26-20(25)11-14-15(21)5-4-6-16(14)22/h2-8,13H,9-12H2,1H3/t13-/m0/s1. The summed E-state index contributed by atoms with van der Waals surface area (Å²) in [7, 11) is 0. The first kappa shape index (κ1) is 19.7. The van der Waals surface area contributed by atoms with Crippen molar-refractivity contribution >= 4 is 40.9 Å². The van der Waals surface area contributed by atoms with Crippen LogP contribution in [0.4, 0.5) is 10.1 Å². The Hall–Kier alpha value is -2.05. The second-order valence-electron chi connectivity index (χ2n) is 6.27. The Morgan fingerprint density at radius 3 is 2.81 bits per heavy atom. The molecule has 0 fully saturated rings. The zero-order valence-corrected chi connectivity index (χ0v) is 16.4. The highest BCUT2D eigenvalue weighted by molar-refractivity contribution is 8.00. The molecule has 1 atom stereocenters. The molecule has 0 unspecified atom stereocenters. The Bertz CT molecular complexity index is 841. The number of benzene rings is 2. The molecule has 0 aliphatic carbocycles. The molecule has 1 amide bonds. The molecule has 0 spiro atoms. The first-order valence-corrected chi connectivity index (χ1v) is 9.86. The van der Waals surface area contributed by atoms with Gasteiger partial charge in [0.05, 0.1) is 12.1 Å². The number of para-hydroxylation sites is 1. The van der Waals surface area contributed by atoms with Gasteiger partial charge in [-0.2, -0.15) is 0 Å². The summed E-state index contributed by atoms with van der Waals surface area (Å²) in [5.74, 6) is -1.57. The zero-order chi connectivity index (χ0) is 19.4. The Morgan fingerprint density at radius 1 is 1.26 bits per heavy atom. The molecular formula is C20H19ClFNO3S. The van der Waals surface area contributed by atoms with Gasteiger partial charge >= 0.3 is 5.97 Å². The van der Waals surface area contributed by atoms with Crippen LogP contribution in [0, 0.1) is 5.82 Å². The molecule has 142 valence electrons. The second-order valence-corrected chi connectivity index (χ2v) is 8.16. The number of carbonyl (C=O) groups excluding carboxylic acids is 2. The first-order chi connectivity index (χ1) is 13.0. The summed E-state index contributed by atoms with van der Waals surface area (Å²) in [5.41, 5.74) is 0.895. The minimum atomic E-state index is -0.693. The number of fused-ring (bicyclic) bond motifs is 1. The van der Waals surface area contributed by atoms with Crippen molar-refractivity contribution in [3.63, 3.8) is 0 Å². The SMILES string of the molecule is C[C@H]1CCN(C(=O)COC(=O)Cc2c(F)cccc2Cl)c2ccccc2S1. The smallest absolute Gasteiger partial charge is 0.310 e.